The van der Waals surface area contributed by atoms with Crippen LogP contribution >= 0.6 is 0 Å². The quantitative estimate of drug-likeness (QED) is 0.312. The molecule has 0 aliphatic heterocycles. The van der Waals surface area contributed by atoms with Crippen LogP contribution in [0.15, 0.2) is 0 Å². The van der Waals surface area contributed by atoms with Crippen LogP contribution in [0.4, 0.5) is 0 Å². The summed E-state index contributed by atoms with van der Waals surface area (Å²) in [4.78, 5) is 0. The van der Waals surface area contributed by atoms with Crippen LogP contribution in [0.25, 0.3) is 0 Å². The van der Waals surface area contributed by atoms with Gasteiger partial charge in [-0.05, 0) is 6.92 Å². The van der Waals surface area contributed by atoms with E-state index in [0.717, 1.165) is 0 Å². The van der Waals surface area contributed by atoms with Gasteiger partial charge in [0.15, 0.2) is 0 Å². The first kappa shape index (κ1) is 8.95. The van der Waals surface area contributed by atoms with Gasteiger partial charge in [0.2, 0.25) is 0 Å². The van der Waals surface area contributed by atoms with Crippen molar-refractivity contribution < 1.29 is 17.1 Å². The van der Waals surface area contributed by atoms with E-state index in [9.17, 15) is 0 Å². The Bertz CT molecular complexity index is 24.8. The molecule has 0 aromatic rings. The van der Waals surface area contributed by atoms with E-state index in [1.807, 2.05) is 0 Å². The number of hydrogen-bond acceptors (Lipinski definition) is 0. The molecule has 1 heteroatoms. The summed E-state index contributed by atoms with van der Waals surface area (Å²) in [6.07, 6.45) is 4.60. The normalized spacial score (nSPS) is 2.00. The zero-order valence-corrected chi connectivity index (χ0v) is 3.32. The van der Waals surface area contributed by atoms with E-state index in [2.05, 4.69) is 12.3 Å². The number of hydrogen-bond donors (Lipinski definition) is 0. The van der Waals surface area contributed by atoms with Crippen LogP contribution in [0.5, 0.6) is 0 Å². The van der Waals surface area contributed by atoms with Crippen molar-refractivity contribution in [1.82, 2.24) is 0 Å². The van der Waals surface area contributed by atoms with Crippen molar-refractivity contribution in [3.8, 4) is 12.3 Å². The van der Waals surface area contributed by atoms with Gasteiger partial charge in [-0.2, -0.15) is 0 Å². The smallest absolute Gasteiger partial charge is 0 e. The summed E-state index contributed by atoms with van der Waals surface area (Å²) in [5.74, 6) is 2.25. The van der Waals surface area contributed by atoms with Crippen LogP contribution in [-0.2, 0) is 17.1 Å². The second-order valence-electron chi connectivity index (χ2n) is 0.289. The first-order valence-electron chi connectivity index (χ1n) is 0.789. The zero-order valence-electron chi connectivity index (χ0n) is 2.38. The van der Waals surface area contributed by atoms with Gasteiger partial charge < -0.3 is 0 Å². The average molecular weight is 104 g/mol. The Kier molecular flexibility index (Phi) is 25.6. The van der Waals surface area contributed by atoms with Crippen molar-refractivity contribution in [3.05, 3.63) is 0 Å². The standard InChI is InChI=1S/C3H4.Cu/c1-3-2;/h1H,2H3;. The molecule has 0 bridgehead atoms. The Morgan fingerprint density at radius 3 is 1.75 bits per heavy atom. The van der Waals surface area contributed by atoms with Gasteiger partial charge in [0.05, 0.1) is 0 Å². The largest absolute Gasteiger partial charge is 0.120 e. The molecule has 0 nitrogen and oxygen atoms in total. The molecule has 0 fully saturated rings. The third kappa shape index (κ3) is 384. The van der Waals surface area contributed by atoms with E-state index in [1.54, 1.807) is 6.92 Å². The van der Waals surface area contributed by atoms with Crippen LogP contribution in [-0.4, -0.2) is 0 Å². The first-order valence-corrected chi connectivity index (χ1v) is 0.789. The summed E-state index contributed by atoms with van der Waals surface area (Å²) in [7, 11) is 0. The van der Waals surface area contributed by atoms with Gasteiger partial charge >= 0.3 is 0 Å². The minimum atomic E-state index is 0. The summed E-state index contributed by atoms with van der Waals surface area (Å²) in [5, 5.41) is 0. The van der Waals surface area contributed by atoms with Gasteiger partial charge in [0.25, 0.3) is 0 Å². The Morgan fingerprint density at radius 1 is 1.75 bits per heavy atom. The first-order chi connectivity index (χ1) is 1.41. The van der Waals surface area contributed by atoms with Gasteiger partial charge in [-0.1, -0.05) is 0 Å². The molecule has 1 radical (unpaired) electrons. The van der Waals surface area contributed by atoms with Crippen molar-refractivity contribution in [1.29, 1.82) is 0 Å². The fourth-order valence-corrected chi connectivity index (χ4v) is 0. The maximum atomic E-state index is 4.60. The fourth-order valence-electron chi connectivity index (χ4n) is 0. The van der Waals surface area contributed by atoms with E-state index in [-0.39, 0.29) is 17.1 Å². The summed E-state index contributed by atoms with van der Waals surface area (Å²) in [6.45, 7) is 1.65. The average Bonchev–Trinajstić information content (AvgIpc) is 0.918. The Labute approximate surface area is 37.1 Å². The molecule has 0 aromatic heterocycles. The molecule has 0 N–H and O–H groups in total. The summed E-state index contributed by atoms with van der Waals surface area (Å²) in [6, 6.07) is 0. The molecule has 4 heavy (non-hydrogen) atoms. The fraction of sp³-hybridized carbons (Fsp3) is 0.333. The summed E-state index contributed by atoms with van der Waals surface area (Å²) >= 11 is 0. The molecule has 0 aliphatic rings. The van der Waals surface area contributed by atoms with Gasteiger partial charge in [0, 0.05) is 17.1 Å². The maximum absolute atomic E-state index is 4.60. The SMILES string of the molecule is C#CC.[Cu]. The van der Waals surface area contributed by atoms with Crippen molar-refractivity contribution in [2.24, 2.45) is 0 Å². The monoisotopic (exact) mass is 103 g/mol. The Hall–Kier alpha value is 0.0795. The van der Waals surface area contributed by atoms with Crippen LogP contribution in [0, 0.1) is 12.3 Å². The topological polar surface area (TPSA) is 0 Å². The second kappa shape index (κ2) is 11.4. The predicted octanol–water partition coefficient (Wildman–Crippen LogP) is 0.637. The van der Waals surface area contributed by atoms with Crippen molar-refractivity contribution >= 4 is 0 Å². The second-order valence-corrected chi connectivity index (χ2v) is 0.289. The van der Waals surface area contributed by atoms with Crippen molar-refractivity contribution in [2.45, 2.75) is 6.92 Å². The number of rotatable bonds is 0. The van der Waals surface area contributed by atoms with Crippen LogP contribution in [0.1, 0.15) is 6.92 Å². The van der Waals surface area contributed by atoms with Crippen molar-refractivity contribution in [2.75, 3.05) is 0 Å². The molecule has 0 atom stereocenters. The zero-order chi connectivity index (χ0) is 2.71. The maximum Gasteiger partial charge on any atom is 0 e. The van der Waals surface area contributed by atoms with E-state index in [1.165, 1.54) is 0 Å². The van der Waals surface area contributed by atoms with Gasteiger partial charge in [-0.15, -0.1) is 12.3 Å². The van der Waals surface area contributed by atoms with Crippen LogP contribution in [0.2, 0.25) is 0 Å². The minimum Gasteiger partial charge on any atom is -0.120 e. The minimum absolute atomic E-state index is 0. The van der Waals surface area contributed by atoms with E-state index >= 15 is 0 Å². The van der Waals surface area contributed by atoms with E-state index in [4.69, 9.17) is 0 Å². The molecule has 0 unspecified atom stereocenters. The van der Waals surface area contributed by atoms with Gasteiger partial charge in [-0.3, -0.25) is 0 Å². The van der Waals surface area contributed by atoms with Crippen LogP contribution < -0.4 is 0 Å². The molecule has 0 saturated heterocycles. The third-order valence-electron chi connectivity index (χ3n) is 0. The molecule has 0 rings (SSSR count). The molecule has 0 aromatic carbocycles. The third-order valence-corrected chi connectivity index (χ3v) is 0. The molecule has 0 aliphatic carbocycles. The Morgan fingerprint density at radius 2 is 1.75 bits per heavy atom. The van der Waals surface area contributed by atoms with E-state index < -0.39 is 0 Å². The predicted molar refractivity (Wildman–Crippen MR) is 14.5 cm³/mol. The summed E-state index contributed by atoms with van der Waals surface area (Å²) in [5.41, 5.74) is 0. The molecule has 0 spiro atoms. The molecule has 0 heterocycles. The van der Waals surface area contributed by atoms with Crippen LogP contribution in [0.3, 0.4) is 0 Å². The number of terminal acetylenes is 1. The molecule has 27 valence electrons. The molecule has 0 amide bonds. The van der Waals surface area contributed by atoms with Crippen molar-refractivity contribution in [3.63, 3.8) is 0 Å². The molecular weight excluding hydrogens is 99.6 g/mol. The molecular formula is C3H4Cu. The van der Waals surface area contributed by atoms with E-state index in [0.29, 0.717) is 0 Å². The van der Waals surface area contributed by atoms with Gasteiger partial charge in [-0.25, -0.2) is 0 Å². The molecule has 0 saturated carbocycles. The van der Waals surface area contributed by atoms with Gasteiger partial charge in [0.1, 0.15) is 0 Å². The Balaban J connectivity index is 0. The summed E-state index contributed by atoms with van der Waals surface area (Å²) < 4.78 is 0.